The summed E-state index contributed by atoms with van der Waals surface area (Å²) in [5.74, 6) is -0.154. The third-order valence-electron chi connectivity index (χ3n) is 3.93. The number of halogens is 1. The van der Waals surface area contributed by atoms with Gasteiger partial charge in [0, 0.05) is 5.92 Å². The summed E-state index contributed by atoms with van der Waals surface area (Å²) in [6, 6.07) is 14.4. The van der Waals surface area contributed by atoms with E-state index >= 15 is 0 Å². The number of amides is 1. The molecule has 0 spiro atoms. The van der Waals surface area contributed by atoms with Gasteiger partial charge in [-0.2, -0.15) is 0 Å². The number of carbonyl (C=O) groups is 1. The van der Waals surface area contributed by atoms with Crippen molar-refractivity contribution in [2.45, 2.75) is 18.9 Å². The molecule has 0 saturated heterocycles. The zero-order valence-corrected chi connectivity index (χ0v) is 11.5. The first-order valence-electron chi connectivity index (χ1n) is 6.92. The maximum absolute atomic E-state index is 13.3. The summed E-state index contributed by atoms with van der Waals surface area (Å²) >= 11 is 0. The van der Waals surface area contributed by atoms with Crippen molar-refractivity contribution >= 4 is 6.09 Å². The van der Waals surface area contributed by atoms with Crippen molar-refractivity contribution in [1.82, 2.24) is 0 Å². The van der Waals surface area contributed by atoms with Gasteiger partial charge in [0.1, 0.15) is 11.9 Å². The number of rotatable bonds is 3. The summed E-state index contributed by atoms with van der Waals surface area (Å²) in [5, 5.41) is 0. The Morgan fingerprint density at radius 2 is 1.86 bits per heavy atom. The Bertz CT molecular complexity index is 657. The number of fused-ring (bicyclic) bond motifs is 1. The third-order valence-corrected chi connectivity index (χ3v) is 3.93. The molecule has 0 bridgehead atoms. The molecule has 3 nitrogen and oxygen atoms in total. The fourth-order valence-electron chi connectivity index (χ4n) is 3.04. The predicted molar refractivity (Wildman–Crippen MR) is 77.1 cm³/mol. The minimum Gasteiger partial charge on any atom is -0.441 e. The van der Waals surface area contributed by atoms with Crippen LogP contribution in [-0.2, 0) is 17.6 Å². The zero-order valence-electron chi connectivity index (χ0n) is 11.5. The quantitative estimate of drug-likeness (QED) is 0.940. The molecule has 1 aliphatic carbocycles. The summed E-state index contributed by atoms with van der Waals surface area (Å²) < 4.78 is 18.6. The van der Waals surface area contributed by atoms with Crippen LogP contribution in [0.1, 0.15) is 22.8 Å². The van der Waals surface area contributed by atoms with Crippen LogP contribution in [0.2, 0.25) is 0 Å². The van der Waals surface area contributed by atoms with Gasteiger partial charge in [-0.1, -0.05) is 36.4 Å². The lowest BCUT2D eigenvalue weighted by Gasteiger charge is -2.23. The normalized spacial score (nSPS) is 18.0. The van der Waals surface area contributed by atoms with E-state index in [1.165, 1.54) is 6.07 Å². The zero-order chi connectivity index (χ0) is 14.8. The monoisotopic (exact) mass is 285 g/mol. The minimum absolute atomic E-state index is 0.0803. The van der Waals surface area contributed by atoms with Crippen LogP contribution in [0.5, 0.6) is 0 Å². The molecule has 1 unspecified atom stereocenters. The summed E-state index contributed by atoms with van der Waals surface area (Å²) in [4.78, 5) is 11.2. The fourth-order valence-corrected chi connectivity index (χ4v) is 3.04. The Balaban J connectivity index is 1.87. The average Bonchev–Trinajstić information content (AvgIpc) is 2.88. The van der Waals surface area contributed by atoms with Crippen molar-refractivity contribution in [2.24, 2.45) is 11.7 Å². The first-order chi connectivity index (χ1) is 10.1. The van der Waals surface area contributed by atoms with Crippen molar-refractivity contribution in [1.29, 1.82) is 0 Å². The maximum atomic E-state index is 13.3. The van der Waals surface area contributed by atoms with E-state index in [1.807, 2.05) is 30.3 Å². The van der Waals surface area contributed by atoms with Gasteiger partial charge in [0.05, 0.1) is 0 Å². The van der Waals surface area contributed by atoms with Crippen LogP contribution in [0.3, 0.4) is 0 Å². The van der Waals surface area contributed by atoms with Gasteiger partial charge in [0.15, 0.2) is 0 Å². The molecule has 2 aromatic rings. The van der Waals surface area contributed by atoms with Crippen molar-refractivity contribution in [3.05, 3.63) is 71.0 Å². The second kappa shape index (κ2) is 5.56. The van der Waals surface area contributed by atoms with Gasteiger partial charge in [0.25, 0.3) is 0 Å². The second-order valence-electron chi connectivity index (χ2n) is 5.35. The molecule has 4 heteroatoms. The highest BCUT2D eigenvalue weighted by atomic mass is 19.1. The highest BCUT2D eigenvalue weighted by Gasteiger charge is 2.32. The van der Waals surface area contributed by atoms with Crippen LogP contribution in [0, 0.1) is 11.7 Å². The van der Waals surface area contributed by atoms with E-state index in [9.17, 15) is 9.18 Å². The summed E-state index contributed by atoms with van der Waals surface area (Å²) in [5.41, 5.74) is 8.21. The van der Waals surface area contributed by atoms with E-state index in [0.717, 1.165) is 23.1 Å². The van der Waals surface area contributed by atoms with Crippen molar-refractivity contribution in [2.75, 3.05) is 0 Å². The molecular formula is C17H16FNO2. The lowest BCUT2D eigenvalue weighted by molar-refractivity contribution is 0.0705. The lowest BCUT2D eigenvalue weighted by Crippen LogP contribution is -2.23. The Morgan fingerprint density at radius 3 is 2.57 bits per heavy atom. The molecule has 0 fully saturated rings. The molecule has 21 heavy (non-hydrogen) atoms. The molecule has 2 atom stereocenters. The van der Waals surface area contributed by atoms with E-state index in [-0.39, 0.29) is 11.7 Å². The van der Waals surface area contributed by atoms with Gasteiger partial charge in [-0.3, -0.25) is 0 Å². The molecule has 2 aromatic carbocycles. The number of ether oxygens (including phenoxy) is 1. The number of hydrogen-bond acceptors (Lipinski definition) is 2. The van der Waals surface area contributed by atoms with Gasteiger partial charge in [0.2, 0.25) is 0 Å². The van der Waals surface area contributed by atoms with Crippen molar-refractivity contribution < 1.29 is 13.9 Å². The van der Waals surface area contributed by atoms with Crippen LogP contribution in [-0.4, -0.2) is 6.09 Å². The molecule has 1 aliphatic rings. The number of benzene rings is 2. The van der Waals surface area contributed by atoms with Crippen LogP contribution >= 0.6 is 0 Å². The van der Waals surface area contributed by atoms with E-state index < -0.39 is 12.2 Å². The van der Waals surface area contributed by atoms with Gasteiger partial charge >= 0.3 is 6.09 Å². The molecule has 2 N–H and O–H groups in total. The van der Waals surface area contributed by atoms with Gasteiger partial charge in [-0.05, 0) is 41.7 Å². The van der Waals surface area contributed by atoms with E-state index in [2.05, 4.69) is 0 Å². The third kappa shape index (κ3) is 2.89. The topological polar surface area (TPSA) is 52.3 Å². The number of nitrogens with two attached hydrogens (primary N) is 1. The van der Waals surface area contributed by atoms with Crippen LogP contribution in [0.4, 0.5) is 9.18 Å². The average molecular weight is 285 g/mol. The SMILES string of the molecule is NC(=O)OC(c1ccccc1)[C@H]1Cc2ccc(F)cc2C1. The van der Waals surface area contributed by atoms with E-state index in [4.69, 9.17) is 10.5 Å². The van der Waals surface area contributed by atoms with Crippen molar-refractivity contribution in [3.8, 4) is 0 Å². The van der Waals surface area contributed by atoms with Gasteiger partial charge in [-0.25, -0.2) is 9.18 Å². The predicted octanol–water partition coefficient (Wildman–Crippen LogP) is 3.38. The molecule has 0 aliphatic heterocycles. The molecule has 3 rings (SSSR count). The largest absolute Gasteiger partial charge is 0.441 e. The highest BCUT2D eigenvalue weighted by Crippen LogP contribution is 2.37. The maximum Gasteiger partial charge on any atom is 0.405 e. The molecule has 108 valence electrons. The van der Waals surface area contributed by atoms with Crippen molar-refractivity contribution in [3.63, 3.8) is 0 Å². The Kier molecular flexibility index (Phi) is 3.60. The number of carbonyl (C=O) groups excluding carboxylic acids is 1. The van der Waals surface area contributed by atoms with Gasteiger partial charge in [-0.15, -0.1) is 0 Å². The van der Waals surface area contributed by atoms with E-state index in [1.54, 1.807) is 12.1 Å². The Hall–Kier alpha value is -2.36. The standard InChI is InChI=1S/C17H16FNO2/c18-15-7-6-12-8-14(9-13(12)10-15)16(21-17(19)20)11-4-2-1-3-5-11/h1-7,10,14,16H,8-9H2,(H2,19,20)/t14-,16?/m0/s1. The molecule has 0 radical (unpaired) electrons. The molecular weight excluding hydrogens is 269 g/mol. The summed E-state index contributed by atoms with van der Waals surface area (Å²) in [6.45, 7) is 0. The molecule has 0 saturated carbocycles. The number of primary amides is 1. The molecule has 0 heterocycles. The van der Waals surface area contributed by atoms with E-state index in [0.29, 0.717) is 6.42 Å². The Labute approximate surface area is 122 Å². The van der Waals surface area contributed by atoms with Gasteiger partial charge < -0.3 is 10.5 Å². The highest BCUT2D eigenvalue weighted by molar-refractivity contribution is 5.65. The van der Waals surface area contributed by atoms with Crippen LogP contribution in [0.15, 0.2) is 48.5 Å². The summed E-state index contributed by atoms with van der Waals surface area (Å²) in [6.07, 6.45) is 0.243. The van der Waals surface area contributed by atoms with Crippen LogP contribution < -0.4 is 5.73 Å². The number of hydrogen-bond donors (Lipinski definition) is 1. The fraction of sp³-hybridized carbons (Fsp3) is 0.235. The first kappa shape index (κ1) is 13.6. The second-order valence-corrected chi connectivity index (χ2v) is 5.35. The first-order valence-corrected chi connectivity index (χ1v) is 6.92. The molecule has 0 aromatic heterocycles. The Morgan fingerprint density at radius 1 is 1.14 bits per heavy atom. The van der Waals surface area contributed by atoms with Crippen LogP contribution in [0.25, 0.3) is 0 Å². The summed E-state index contributed by atoms with van der Waals surface area (Å²) in [7, 11) is 0. The lowest BCUT2D eigenvalue weighted by atomic mass is 9.93. The minimum atomic E-state index is -0.786. The molecule has 1 amide bonds. The smallest absolute Gasteiger partial charge is 0.405 e.